The molecule has 0 saturated heterocycles. The number of oxazole rings is 1. The number of aromatic nitrogens is 3. The van der Waals surface area contributed by atoms with Crippen molar-refractivity contribution in [2.24, 2.45) is 0 Å². The van der Waals surface area contributed by atoms with E-state index in [0.717, 1.165) is 39.9 Å². The van der Waals surface area contributed by atoms with E-state index in [4.69, 9.17) is 9.40 Å². The molecule has 8 heteroatoms. The van der Waals surface area contributed by atoms with Crippen LogP contribution in [-0.4, -0.2) is 21.5 Å². The molecule has 0 saturated carbocycles. The van der Waals surface area contributed by atoms with Gasteiger partial charge >= 0.3 is 0 Å². The second-order valence-electron chi connectivity index (χ2n) is 6.69. The zero-order chi connectivity index (χ0) is 19.3. The molecule has 0 bridgehead atoms. The Bertz CT molecular complexity index is 1130. The number of hydrogen-bond donors (Lipinski definition) is 1. The van der Waals surface area contributed by atoms with Crippen LogP contribution >= 0.6 is 11.3 Å². The fourth-order valence-electron chi connectivity index (χ4n) is 3.61. The summed E-state index contributed by atoms with van der Waals surface area (Å²) in [5, 5.41) is 0.742. The van der Waals surface area contributed by atoms with E-state index in [0.29, 0.717) is 18.1 Å². The Hall–Kier alpha value is -3.00. The number of rotatable bonds is 3. The molecule has 4 aromatic rings. The molecule has 0 fully saturated rings. The highest BCUT2D eigenvalue weighted by Crippen LogP contribution is 2.35. The Morgan fingerprint density at radius 2 is 2.07 bits per heavy atom. The van der Waals surface area contributed by atoms with Crippen LogP contribution in [0, 0.1) is 18.6 Å². The summed E-state index contributed by atoms with van der Waals surface area (Å²) < 4.78 is 33.6. The molecule has 1 aliphatic heterocycles. The van der Waals surface area contributed by atoms with E-state index in [1.54, 1.807) is 6.20 Å². The van der Waals surface area contributed by atoms with E-state index < -0.39 is 11.6 Å². The molecule has 0 atom stereocenters. The quantitative estimate of drug-likeness (QED) is 0.531. The third kappa shape index (κ3) is 2.80. The maximum atomic E-state index is 14.1. The molecule has 1 aromatic carbocycles. The van der Waals surface area contributed by atoms with Gasteiger partial charge in [0.05, 0.1) is 17.5 Å². The van der Waals surface area contributed by atoms with E-state index in [1.807, 2.05) is 13.0 Å². The molecule has 0 spiro atoms. The van der Waals surface area contributed by atoms with Crippen LogP contribution in [0.25, 0.3) is 22.2 Å². The molecule has 5 rings (SSSR count). The van der Waals surface area contributed by atoms with Crippen LogP contribution in [0.1, 0.15) is 16.1 Å². The molecule has 0 aliphatic carbocycles. The van der Waals surface area contributed by atoms with Gasteiger partial charge in [-0.15, -0.1) is 11.3 Å². The van der Waals surface area contributed by atoms with Gasteiger partial charge in [0.25, 0.3) is 5.89 Å². The van der Waals surface area contributed by atoms with E-state index in [-0.39, 0.29) is 5.56 Å². The lowest BCUT2D eigenvalue weighted by Crippen LogP contribution is -2.30. The van der Waals surface area contributed by atoms with Crippen molar-refractivity contribution in [1.29, 1.82) is 0 Å². The smallest absolute Gasteiger partial charge is 0.255 e. The lowest BCUT2D eigenvalue weighted by Gasteiger charge is -2.27. The van der Waals surface area contributed by atoms with Crippen LogP contribution < -0.4 is 4.90 Å². The zero-order valence-corrected chi connectivity index (χ0v) is 15.8. The number of H-pyrrole nitrogens is 1. The molecular weight excluding hydrogens is 382 g/mol. The number of hydrogen-bond acceptors (Lipinski definition) is 5. The van der Waals surface area contributed by atoms with Gasteiger partial charge in [-0.3, -0.25) is 0 Å². The fourth-order valence-corrected chi connectivity index (χ4v) is 4.49. The fraction of sp³-hybridized carbons (Fsp3) is 0.200. The average molecular weight is 398 g/mol. The van der Waals surface area contributed by atoms with Gasteiger partial charge in [0.2, 0.25) is 0 Å². The zero-order valence-electron chi connectivity index (χ0n) is 15.0. The molecule has 4 heterocycles. The van der Waals surface area contributed by atoms with Gasteiger partial charge in [0.1, 0.15) is 23.7 Å². The first-order chi connectivity index (χ1) is 13.6. The van der Waals surface area contributed by atoms with Crippen LogP contribution in [0.5, 0.6) is 0 Å². The van der Waals surface area contributed by atoms with Gasteiger partial charge in [0, 0.05) is 30.1 Å². The first-order valence-electron chi connectivity index (χ1n) is 8.87. The number of nitrogens with one attached hydrogen (secondary N) is 1. The minimum atomic E-state index is -0.568. The van der Waals surface area contributed by atoms with Crippen LogP contribution in [0.4, 0.5) is 14.6 Å². The summed E-state index contributed by atoms with van der Waals surface area (Å²) in [6, 6.07) is 5.75. The number of aryl methyl sites for hydroxylation is 1. The first-order valence-corrected chi connectivity index (χ1v) is 9.69. The molecule has 1 N–H and O–H groups in total. The van der Waals surface area contributed by atoms with Gasteiger partial charge in [-0.2, -0.15) is 0 Å². The number of benzene rings is 1. The Balaban J connectivity index is 1.46. The van der Waals surface area contributed by atoms with Crippen molar-refractivity contribution in [3.63, 3.8) is 0 Å². The third-order valence-corrected chi connectivity index (χ3v) is 5.85. The Morgan fingerprint density at radius 3 is 2.82 bits per heavy atom. The highest BCUT2D eigenvalue weighted by molar-refractivity contribution is 7.15. The summed E-state index contributed by atoms with van der Waals surface area (Å²) in [6.07, 6.45) is 3.88. The number of thiazole rings is 1. The Kier molecular flexibility index (Phi) is 4.01. The number of anilines is 1. The molecule has 28 heavy (non-hydrogen) atoms. The van der Waals surface area contributed by atoms with Crippen LogP contribution in [0.15, 0.2) is 41.1 Å². The average Bonchev–Trinajstić information content (AvgIpc) is 3.40. The summed E-state index contributed by atoms with van der Waals surface area (Å²) in [5.74, 6) is 0.266. The summed E-state index contributed by atoms with van der Waals surface area (Å²) in [7, 11) is 0. The number of nitrogens with zero attached hydrogens (tertiary/aromatic N) is 3. The maximum Gasteiger partial charge on any atom is 0.255 e. The molecule has 0 radical (unpaired) electrons. The molecular formula is C20H16F2N4OS. The van der Waals surface area contributed by atoms with Gasteiger partial charge in [0.15, 0.2) is 5.01 Å². The summed E-state index contributed by atoms with van der Waals surface area (Å²) in [4.78, 5) is 15.3. The second kappa shape index (κ2) is 6.56. The van der Waals surface area contributed by atoms with Crippen molar-refractivity contribution < 1.29 is 13.2 Å². The molecule has 3 aromatic heterocycles. The van der Waals surface area contributed by atoms with E-state index in [9.17, 15) is 8.78 Å². The molecule has 0 unspecified atom stereocenters. The molecule has 5 nitrogen and oxygen atoms in total. The van der Waals surface area contributed by atoms with Crippen molar-refractivity contribution in [3.8, 4) is 22.2 Å². The number of fused-ring (bicyclic) bond motifs is 1. The summed E-state index contributed by atoms with van der Waals surface area (Å²) in [6.45, 7) is 3.41. The molecule has 1 aliphatic rings. The van der Waals surface area contributed by atoms with Crippen molar-refractivity contribution in [1.82, 2.24) is 15.0 Å². The summed E-state index contributed by atoms with van der Waals surface area (Å²) >= 11 is 1.54. The van der Waals surface area contributed by atoms with Crippen molar-refractivity contribution in [2.75, 3.05) is 11.4 Å². The lowest BCUT2D eigenvalue weighted by molar-refractivity contribution is 0.574. The van der Waals surface area contributed by atoms with Gasteiger partial charge in [-0.25, -0.2) is 18.7 Å². The Morgan fingerprint density at radius 1 is 1.25 bits per heavy atom. The van der Waals surface area contributed by atoms with Gasteiger partial charge in [-0.1, -0.05) is 6.07 Å². The lowest BCUT2D eigenvalue weighted by atomic mass is 10.1. The topological polar surface area (TPSA) is 58.0 Å². The normalized spacial score (nSPS) is 13.8. The predicted molar refractivity (Wildman–Crippen MR) is 103 cm³/mol. The minimum absolute atomic E-state index is 0.0144. The second-order valence-corrected chi connectivity index (χ2v) is 7.89. The van der Waals surface area contributed by atoms with Gasteiger partial charge in [-0.05, 0) is 30.7 Å². The number of halogens is 2. The van der Waals surface area contributed by atoms with E-state index in [1.165, 1.54) is 35.8 Å². The summed E-state index contributed by atoms with van der Waals surface area (Å²) in [5.41, 5.74) is 2.49. The van der Waals surface area contributed by atoms with Crippen LogP contribution in [0.2, 0.25) is 0 Å². The van der Waals surface area contributed by atoms with Crippen molar-refractivity contribution in [2.45, 2.75) is 19.9 Å². The number of aromatic amines is 1. The molecule has 0 amide bonds. The van der Waals surface area contributed by atoms with Crippen molar-refractivity contribution >= 4 is 17.2 Å². The predicted octanol–water partition coefficient (Wildman–Crippen LogP) is 4.94. The van der Waals surface area contributed by atoms with Crippen LogP contribution in [0.3, 0.4) is 0 Å². The minimum Gasteiger partial charge on any atom is -0.443 e. The van der Waals surface area contributed by atoms with Crippen LogP contribution in [-0.2, 0) is 13.0 Å². The van der Waals surface area contributed by atoms with Gasteiger partial charge < -0.3 is 14.3 Å². The highest BCUT2D eigenvalue weighted by Gasteiger charge is 2.25. The Labute approximate surface area is 163 Å². The first kappa shape index (κ1) is 17.1. The highest BCUT2D eigenvalue weighted by atomic mass is 32.1. The molecule has 142 valence electrons. The monoisotopic (exact) mass is 398 g/mol. The largest absolute Gasteiger partial charge is 0.443 e. The third-order valence-electron chi connectivity index (χ3n) is 4.90. The maximum absolute atomic E-state index is 14.1. The standard InChI is InChI=1S/C20H16F2N4OS/c1-11-18(25-20(28-11)19-23-6-8-27-19)26-7-5-15-12(10-26)9-16(24-15)17-13(21)3-2-4-14(17)22/h2-4,6,8-9,24H,5,7,10H2,1H3. The SMILES string of the molecule is Cc1sc(-c2ncco2)nc1N1CCc2[nH]c(-c3c(F)cccc3F)cc2C1. The van der Waals surface area contributed by atoms with E-state index >= 15 is 0 Å². The van der Waals surface area contributed by atoms with Crippen molar-refractivity contribution in [3.05, 3.63) is 64.5 Å². The van der Waals surface area contributed by atoms with E-state index in [2.05, 4.69) is 14.9 Å².